The average molecular weight is 180 g/mol. The Morgan fingerprint density at radius 2 is 1.85 bits per heavy atom. The van der Waals surface area contributed by atoms with Crippen LogP contribution in [-0.2, 0) is 4.79 Å². The molecule has 4 heteroatoms. The van der Waals surface area contributed by atoms with Gasteiger partial charge in [-0.1, -0.05) is 6.42 Å². The Balaban J connectivity index is 1.79. The van der Waals surface area contributed by atoms with E-state index in [1.54, 1.807) is 0 Å². The second-order valence-electron chi connectivity index (χ2n) is 4.70. The Bertz CT molecular complexity index is 299. The summed E-state index contributed by atoms with van der Waals surface area (Å²) in [5.74, 6) is -0.116. The van der Waals surface area contributed by atoms with E-state index in [1.165, 1.54) is 19.3 Å². The summed E-state index contributed by atoms with van der Waals surface area (Å²) in [6.45, 7) is 0. The van der Waals surface area contributed by atoms with E-state index in [0.29, 0.717) is 5.41 Å². The van der Waals surface area contributed by atoms with Gasteiger partial charge < -0.3 is 5.32 Å². The molecule has 1 saturated heterocycles. The summed E-state index contributed by atoms with van der Waals surface area (Å²) in [5.41, 5.74) is -0.105. The minimum absolute atomic E-state index is 0.116. The zero-order chi connectivity index (χ0) is 9.10. The van der Waals surface area contributed by atoms with E-state index in [4.69, 9.17) is 0 Å². The molecule has 0 atom stereocenters. The molecular weight excluding hydrogens is 168 g/mol. The fraction of sp³-hybridized carbons (Fsp3) is 0.778. The molecule has 2 saturated carbocycles. The van der Waals surface area contributed by atoms with Gasteiger partial charge >= 0.3 is 6.03 Å². The smallest absolute Gasteiger partial charge is 0.322 e. The molecule has 2 N–H and O–H groups in total. The minimum Gasteiger partial charge on any atom is -0.323 e. The lowest BCUT2D eigenvalue weighted by molar-refractivity contribution is -0.138. The summed E-state index contributed by atoms with van der Waals surface area (Å²) in [6.07, 6.45) is 5.47. The standard InChI is InChI=1S/C9H12N2O2/c12-6-9(11-7(13)10-6)4-8(5-9)2-1-3-8/h1-5H2,(H2,10,11,12,13). The predicted molar refractivity (Wildman–Crippen MR) is 44.9 cm³/mol. The van der Waals surface area contributed by atoms with Gasteiger partial charge in [0.15, 0.2) is 0 Å². The summed E-state index contributed by atoms with van der Waals surface area (Å²) < 4.78 is 0. The number of carbonyl (C=O) groups excluding carboxylic acids is 2. The van der Waals surface area contributed by atoms with E-state index in [-0.39, 0.29) is 11.9 Å². The quantitative estimate of drug-likeness (QED) is 0.534. The van der Waals surface area contributed by atoms with Crippen LogP contribution in [-0.4, -0.2) is 17.5 Å². The van der Waals surface area contributed by atoms with Crippen molar-refractivity contribution in [1.82, 2.24) is 10.6 Å². The molecule has 0 unspecified atom stereocenters. The Morgan fingerprint density at radius 1 is 1.15 bits per heavy atom. The van der Waals surface area contributed by atoms with E-state index < -0.39 is 5.54 Å². The van der Waals surface area contributed by atoms with Gasteiger partial charge in [-0.05, 0) is 31.1 Å². The maximum absolute atomic E-state index is 11.4. The van der Waals surface area contributed by atoms with Gasteiger partial charge in [-0.2, -0.15) is 0 Å². The van der Waals surface area contributed by atoms with Crippen molar-refractivity contribution < 1.29 is 9.59 Å². The largest absolute Gasteiger partial charge is 0.323 e. The highest BCUT2D eigenvalue weighted by atomic mass is 16.2. The van der Waals surface area contributed by atoms with Crippen molar-refractivity contribution in [2.45, 2.75) is 37.6 Å². The van der Waals surface area contributed by atoms with Crippen LogP contribution in [0.15, 0.2) is 0 Å². The van der Waals surface area contributed by atoms with Crippen molar-refractivity contribution in [2.75, 3.05) is 0 Å². The van der Waals surface area contributed by atoms with Gasteiger partial charge in [-0.25, -0.2) is 4.79 Å². The average Bonchev–Trinajstić information content (AvgIpc) is 2.18. The predicted octanol–water partition coefficient (Wildman–Crippen LogP) is 0.529. The van der Waals surface area contributed by atoms with Crippen molar-refractivity contribution in [3.05, 3.63) is 0 Å². The number of rotatable bonds is 0. The Labute approximate surface area is 76.1 Å². The van der Waals surface area contributed by atoms with Crippen molar-refractivity contribution in [1.29, 1.82) is 0 Å². The van der Waals surface area contributed by atoms with E-state index in [1.807, 2.05) is 0 Å². The van der Waals surface area contributed by atoms with Crippen LogP contribution < -0.4 is 10.6 Å². The van der Waals surface area contributed by atoms with Crippen LogP contribution in [0.1, 0.15) is 32.1 Å². The van der Waals surface area contributed by atoms with Gasteiger partial charge in [-0.15, -0.1) is 0 Å². The third-order valence-electron chi connectivity index (χ3n) is 3.78. The zero-order valence-electron chi connectivity index (χ0n) is 7.35. The number of hydrogen-bond acceptors (Lipinski definition) is 2. The normalized spacial score (nSPS) is 32.3. The molecule has 0 bridgehead atoms. The highest BCUT2D eigenvalue weighted by Crippen LogP contribution is 2.60. The topological polar surface area (TPSA) is 58.2 Å². The van der Waals surface area contributed by atoms with E-state index in [0.717, 1.165) is 12.8 Å². The number of carbonyl (C=O) groups is 2. The van der Waals surface area contributed by atoms with Gasteiger partial charge in [0.05, 0.1) is 0 Å². The number of nitrogens with one attached hydrogen (secondary N) is 2. The molecule has 3 aliphatic rings. The van der Waals surface area contributed by atoms with Crippen LogP contribution in [0, 0.1) is 5.41 Å². The monoisotopic (exact) mass is 180 g/mol. The first-order valence-corrected chi connectivity index (χ1v) is 4.78. The summed E-state index contributed by atoms with van der Waals surface area (Å²) in [5, 5.41) is 5.05. The van der Waals surface area contributed by atoms with Crippen molar-refractivity contribution in [2.24, 2.45) is 5.41 Å². The van der Waals surface area contributed by atoms with E-state index >= 15 is 0 Å². The maximum Gasteiger partial charge on any atom is 0.322 e. The summed E-state index contributed by atoms with van der Waals surface area (Å²) in [4.78, 5) is 22.4. The van der Waals surface area contributed by atoms with Crippen LogP contribution in [0.4, 0.5) is 4.79 Å². The van der Waals surface area contributed by atoms with Gasteiger partial charge in [-0.3, -0.25) is 10.1 Å². The van der Waals surface area contributed by atoms with Gasteiger partial charge in [0, 0.05) is 0 Å². The second kappa shape index (κ2) is 1.89. The van der Waals surface area contributed by atoms with Crippen molar-refractivity contribution in [3.63, 3.8) is 0 Å². The lowest BCUT2D eigenvalue weighted by Crippen LogP contribution is -2.64. The first kappa shape index (κ1) is 7.35. The third-order valence-corrected chi connectivity index (χ3v) is 3.78. The molecule has 3 rings (SSSR count). The summed E-state index contributed by atoms with van der Waals surface area (Å²) >= 11 is 0. The molecule has 13 heavy (non-hydrogen) atoms. The Kier molecular flexibility index (Phi) is 1.07. The molecule has 0 aromatic heterocycles. The van der Waals surface area contributed by atoms with Crippen LogP contribution in [0.25, 0.3) is 0 Å². The summed E-state index contributed by atoms with van der Waals surface area (Å²) in [6, 6.07) is -0.320. The number of hydrogen-bond donors (Lipinski definition) is 2. The number of imide groups is 1. The van der Waals surface area contributed by atoms with E-state index in [9.17, 15) is 9.59 Å². The molecule has 0 aromatic rings. The van der Waals surface area contributed by atoms with Gasteiger partial charge in [0.2, 0.25) is 0 Å². The van der Waals surface area contributed by atoms with E-state index in [2.05, 4.69) is 10.6 Å². The molecule has 1 heterocycles. The third kappa shape index (κ3) is 0.759. The molecular formula is C9H12N2O2. The van der Waals surface area contributed by atoms with Crippen LogP contribution in [0.2, 0.25) is 0 Å². The minimum atomic E-state index is -0.516. The summed E-state index contributed by atoms with van der Waals surface area (Å²) in [7, 11) is 0. The second-order valence-corrected chi connectivity index (χ2v) is 4.70. The molecule has 0 radical (unpaired) electrons. The first-order chi connectivity index (χ1) is 6.14. The fourth-order valence-corrected chi connectivity index (χ4v) is 3.04. The van der Waals surface area contributed by atoms with Gasteiger partial charge in [0.25, 0.3) is 5.91 Å². The molecule has 3 amide bonds. The first-order valence-electron chi connectivity index (χ1n) is 4.78. The molecule has 0 aromatic carbocycles. The number of amides is 3. The Morgan fingerprint density at radius 3 is 2.23 bits per heavy atom. The van der Waals surface area contributed by atoms with Crippen molar-refractivity contribution >= 4 is 11.9 Å². The molecule has 3 fully saturated rings. The molecule has 2 spiro atoms. The van der Waals surface area contributed by atoms with Crippen LogP contribution >= 0.6 is 0 Å². The molecule has 1 aliphatic heterocycles. The fourth-order valence-electron chi connectivity index (χ4n) is 3.04. The lowest BCUT2D eigenvalue weighted by atomic mass is 9.48. The highest BCUT2D eigenvalue weighted by Gasteiger charge is 2.63. The maximum atomic E-state index is 11.4. The van der Waals surface area contributed by atoms with Crippen molar-refractivity contribution in [3.8, 4) is 0 Å². The van der Waals surface area contributed by atoms with Crippen LogP contribution in [0.3, 0.4) is 0 Å². The highest BCUT2D eigenvalue weighted by molar-refractivity contribution is 6.07. The number of urea groups is 1. The lowest BCUT2D eigenvalue weighted by Gasteiger charge is -2.58. The van der Waals surface area contributed by atoms with Crippen LogP contribution in [0.5, 0.6) is 0 Å². The SMILES string of the molecule is O=C1NC(=O)C2(CC3(CCC3)C2)N1. The van der Waals surface area contributed by atoms with Gasteiger partial charge in [0.1, 0.15) is 5.54 Å². The molecule has 4 nitrogen and oxygen atoms in total. The molecule has 2 aliphatic carbocycles. The molecule has 70 valence electrons. The zero-order valence-corrected chi connectivity index (χ0v) is 7.35. The Hall–Kier alpha value is -1.06.